The number of hydrogen-bond acceptors (Lipinski definition) is 4. The van der Waals surface area contributed by atoms with Crippen LogP contribution in [-0.4, -0.2) is 43.8 Å². The highest BCUT2D eigenvalue weighted by Crippen LogP contribution is 2.27. The minimum absolute atomic E-state index is 0.0819. The molecule has 1 N–H and O–H groups in total. The molecule has 1 saturated carbocycles. The summed E-state index contributed by atoms with van der Waals surface area (Å²) in [4.78, 5) is 29.0. The Balaban J connectivity index is 1.67. The number of carbonyl (C=O) groups is 2. The molecule has 3 aromatic carbocycles. The van der Waals surface area contributed by atoms with Gasteiger partial charge in [-0.3, -0.25) is 13.9 Å². The number of rotatable bonds is 10. The van der Waals surface area contributed by atoms with Gasteiger partial charge in [0.15, 0.2) is 0 Å². The predicted molar refractivity (Wildman–Crippen MR) is 169 cm³/mol. The van der Waals surface area contributed by atoms with Crippen LogP contribution >= 0.6 is 31.9 Å². The van der Waals surface area contributed by atoms with E-state index in [0.29, 0.717) is 10.2 Å². The van der Waals surface area contributed by atoms with E-state index in [-0.39, 0.29) is 23.4 Å². The van der Waals surface area contributed by atoms with Crippen molar-refractivity contribution in [1.29, 1.82) is 0 Å². The van der Waals surface area contributed by atoms with Gasteiger partial charge in [-0.25, -0.2) is 8.42 Å². The van der Waals surface area contributed by atoms with Crippen molar-refractivity contribution in [2.24, 2.45) is 0 Å². The van der Waals surface area contributed by atoms with Gasteiger partial charge in [-0.05, 0) is 74.7 Å². The van der Waals surface area contributed by atoms with Gasteiger partial charge < -0.3 is 10.2 Å². The van der Waals surface area contributed by atoms with E-state index in [1.807, 2.05) is 31.2 Å². The molecule has 0 aliphatic heterocycles. The van der Waals surface area contributed by atoms with Gasteiger partial charge in [0.25, 0.3) is 10.0 Å². The normalized spacial score (nSPS) is 14.7. The largest absolute Gasteiger partial charge is 0.352 e. The Bertz CT molecular complexity index is 1460. The molecule has 1 aliphatic rings. The molecule has 1 aliphatic carbocycles. The van der Waals surface area contributed by atoms with Gasteiger partial charge in [0.2, 0.25) is 11.8 Å². The molecule has 0 spiro atoms. The Hall–Kier alpha value is -2.69. The van der Waals surface area contributed by atoms with Crippen molar-refractivity contribution in [3.05, 3.63) is 92.9 Å². The van der Waals surface area contributed by atoms with Crippen LogP contribution in [0.1, 0.15) is 50.2 Å². The minimum Gasteiger partial charge on any atom is -0.352 e. The summed E-state index contributed by atoms with van der Waals surface area (Å²) in [6.45, 7) is 3.27. The second kappa shape index (κ2) is 14.0. The van der Waals surface area contributed by atoms with Crippen molar-refractivity contribution in [3.8, 4) is 0 Å². The topological polar surface area (TPSA) is 86.8 Å². The quantitative estimate of drug-likeness (QED) is 0.258. The number of aryl methyl sites for hydroxylation is 1. The molecule has 3 aromatic rings. The zero-order valence-electron chi connectivity index (χ0n) is 23.2. The van der Waals surface area contributed by atoms with Gasteiger partial charge in [0, 0.05) is 21.5 Å². The molecular formula is C31H35Br2N3O4S. The number of carbonyl (C=O) groups excluding carboxylic acids is 2. The van der Waals surface area contributed by atoms with E-state index in [9.17, 15) is 18.0 Å². The van der Waals surface area contributed by atoms with Crippen molar-refractivity contribution < 1.29 is 18.0 Å². The first-order chi connectivity index (χ1) is 19.5. The highest BCUT2D eigenvalue weighted by atomic mass is 79.9. The van der Waals surface area contributed by atoms with Crippen molar-refractivity contribution in [1.82, 2.24) is 10.2 Å². The number of nitrogens with zero attached hydrogens (tertiary/aromatic N) is 2. The molecule has 1 atom stereocenters. The van der Waals surface area contributed by atoms with Crippen LogP contribution in [-0.2, 0) is 26.2 Å². The molecule has 4 rings (SSSR count). The lowest BCUT2D eigenvalue weighted by Gasteiger charge is -2.33. The highest BCUT2D eigenvalue weighted by Gasteiger charge is 2.33. The molecule has 218 valence electrons. The average Bonchev–Trinajstić information content (AvgIpc) is 2.95. The highest BCUT2D eigenvalue weighted by molar-refractivity contribution is 9.10. The first-order valence-corrected chi connectivity index (χ1v) is 16.8. The summed E-state index contributed by atoms with van der Waals surface area (Å²) in [5.74, 6) is -0.715. The second-order valence-electron chi connectivity index (χ2n) is 10.5. The van der Waals surface area contributed by atoms with Crippen LogP contribution in [0, 0.1) is 6.92 Å². The first-order valence-electron chi connectivity index (χ1n) is 13.7. The van der Waals surface area contributed by atoms with E-state index in [4.69, 9.17) is 0 Å². The summed E-state index contributed by atoms with van der Waals surface area (Å²) in [6.07, 6.45) is 5.14. The first kappa shape index (κ1) is 31.3. The smallest absolute Gasteiger partial charge is 0.264 e. The third kappa shape index (κ3) is 8.20. The maximum atomic E-state index is 14.1. The maximum absolute atomic E-state index is 14.1. The number of nitrogens with one attached hydrogen (secondary N) is 1. The predicted octanol–water partition coefficient (Wildman–Crippen LogP) is 6.58. The number of sulfonamides is 1. The Kier molecular flexibility index (Phi) is 10.7. The van der Waals surface area contributed by atoms with E-state index in [1.54, 1.807) is 55.5 Å². The average molecular weight is 706 g/mol. The molecule has 1 fully saturated rings. The lowest BCUT2D eigenvalue weighted by Crippen LogP contribution is -2.53. The number of benzene rings is 3. The maximum Gasteiger partial charge on any atom is 0.264 e. The number of hydrogen-bond donors (Lipinski definition) is 1. The number of anilines is 1. The molecular weight excluding hydrogens is 670 g/mol. The zero-order chi connectivity index (χ0) is 29.6. The van der Waals surface area contributed by atoms with Crippen molar-refractivity contribution in [2.45, 2.75) is 69.5 Å². The Morgan fingerprint density at radius 2 is 1.59 bits per heavy atom. The van der Waals surface area contributed by atoms with Gasteiger partial charge in [-0.1, -0.05) is 87.0 Å². The summed E-state index contributed by atoms with van der Waals surface area (Å²) in [6, 6.07) is 20.2. The summed E-state index contributed by atoms with van der Waals surface area (Å²) in [5, 5.41) is 3.12. The van der Waals surface area contributed by atoms with Crippen LogP contribution in [0.5, 0.6) is 0 Å². The third-order valence-electron chi connectivity index (χ3n) is 7.37. The zero-order valence-corrected chi connectivity index (χ0v) is 27.2. The third-order valence-corrected chi connectivity index (χ3v) is 10.2. The van der Waals surface area contributed by atoms with Crippen LogP contribution in [0.2, 0.25) is 0 Å². The van der Waals surface area contributed by atoms with Gasteiger partial charge in [0.05, 0.1) is 10.6 Å². The molecule has 7 nitrogen and oxygen atoms in total. The lowest BCUT2D eigenvalue weighted by molar-refractivity contribution is -0.139. The standard InChI is InChI=1S/C31H35Br2N3O4S/c1-22-11-17-29(18-12-22)41(39,40)36(28-10-6-7-26(33)19-28)21-30(37)35(20-24-13-15-25(32)16-14-24)23(2)31(38)34-27-8-4-3-5-9-27/h6-7,10-19,23,27H,3-5,8-9,20-21H2,1-2H3,(H,34,38). The van der Waals surface area contributed by atoms with E-state index in [1.165, 1.54) is 4.90 Å². The lowest BCUT2D eigenvalue weighted by atomic mass is 9.95. The monoisotopic (exact) mass is 703 g/mol. The summed E-state index contributed by atoms with van der Waals surface area (Å²) in [5.41, 5.74) is 2.10. The van der Waals surface area contributed by atoms with E-state index < -0.39 is 28.5 Å². The molecule has 0 saturated heterocycles. The van der Waals surface area contributed by atoms with Gasteiger partial charge in [-0.15, -0.1) is 0 Å². The van der Waals surface area contributed by atoms with Crippen molar-refractivity contribution in [2.75, 3.05) is 10.8 Å². The molecule has 1 unspecified atom stereocenters. The molecule has 0 radical (unpaired) electrons. The Morgan fingerprint density at radius 3 is 2.22 bits per heavy atom. The van der Waals surface area contributed by atoms with Crippen molar-refractivity contribution in [3.63, 3.8) is 0 Å². The fourth-order valence-electron chi connectivity index (χ4n) is 4.94. The Labute approximate surface area is 259 Å². The van der Waals surface area contributed by atoms with Crippen LogP contribution in [0.4, 0.5) is 5.69 Å². The van der Waals surface area contributed by atoms with Crippen LogP contribution in [0.3, 0.4) is 0 Å². The molecule has 10 heteroatoms. The van der Waals surface area contributed by atoms with Crippen LogP contribution in [0.15, 0.2) is 86.6 Å². The van der Waals surface area contributed by atoms with E-state index >= 15 is 0 Å². The van der Waals surface area contributed by atoms with Gasteiger partial charge in [-0.2, -0.15) is 0 Å². The molecule has 0 aromatic heterocycles. The van der Waals surface area contributed by atoms with E-state index in [2.05, 4.69) is 37.2 Å². The second-order valence-corrected chi connectivity index (χ2v) is 14.2. The fourth-order valence-corrected chi connectivity index (χ4v) is 6.99. The van der Waals surface area contributed by atoms with E-state index in [0.717, 1.165) is 52.0 Å². The fraction of sp³-hybridized carbons (Fsp3) is 0.355. The van der Waals surface area contributed by atoms with Gasteiger partial charge in [0.1, 0.15) is 12.6 Å². The number of halogens is 2. The SMILES string of the molecule is Cc1ccc(S(=O)(=O)N(CC(=O)N(Cc2ccc(Br)cc2)C(C)C(=O)NC2CCCCC2)c2cccc(Br)c2)cc1. The molecule has 0 heterocycles. The Morgan fingerprint density at radius 1 is 0.927 bits per heavy atom. The summed E-state index contributed by atoms with van der Waals surface area (Å²) >= 11 is 6.86. The van der Waals surface area contributed by atoms with Crippen LogP contribution in [0.25, 0.3) is 0 Å². The summed E-state index contributed by atoms with van der Waals surface area (Å²) < 4.78 is 30.6. The molecule has 0 bridgehead atoms. The molecule has 2 amide bonds. The number of amides is 2. The summed E-state index contributed by atoms with van der Waals surface area (Å²) in [7, 11) is -4.11. The minimum atomic E-state index is -4.11. The van der Waals surface area contributed by atoms with Crippen molar-refractivity contribution >= 4 is 59.4 Å². The molecule has 41 heavy (non-hydrogen) atoms. The van der Waals surface area contributed by atoms with Gasteiger partial charge >= 0.3 is 0 Å². The van der Waals surface area contributed by atoms with Crippen LogP contribution < -0.4 is 9.62 Å².